The second-order valence-electron chi connectivity index (χ2n) is 8.49. The van der Waals surface area contributed by atoms with Gasteiger partial charge in [0, 0.05) is 11.1 Å². The first-order chi connectivity index (χ1) is 14.2. The van der Waals surface area contributed by atoms with E-state index in [1.165, 1.54) is 31.4 Å². The Balaban J connectivity index is 3.03. The molecule has 1 amide bonds. The summed E-state index contributed by atoms with van der Waals surface area (Å²) in [6, 6.07) is 5.43. The third kappa shape index (κ3) is 7.32. The number of anilines is 1. The number of sulfonamides is 1. The predicted molar refractivity (Wildman–Crippen MR) is 115 cm³/mol. The zero-order chi connectivity index (χ0) is 24.0. The van der Waals surface area contributed by atoms with Gasteiger partial charge in [-0.15, -0.1) is 0 Å². The zero-order valence-electron chi connectivity index (χ0n) is 18.9. The van der Waals surface area contributed by atoms with Crippen molar-refractivity contribution in [3.8, 4) is 0 Å². The van der Waals surface area contributed by atoms with Crippen LogP contribution >= 0.6 is 0 Å². The average Bonchev–Trinajstić information content (AvgIpc) is 2.66. The van der Waals surface area contributed by atoms with Crippen molar-refractivity contribution in [2.24, 2.45) is 21.9 Å². The first-order valence-electron chi connectivity index (χ1n) is 9.85. The lowest BCUT2D eigenvalue weighted by atomic mass is 9.69. The molecule has 2 unspecified atom stereocenters. The van der Waals surface area contributed by atoms with Gasteiger partial charge in [-0.05, 0) is 51.0 Å². The van der Waals surface area contributed by atoms with E-state index in [1.807, 2.05) is 0 Å². The number of rotatable bonds is 10. The minimum atomic E-state index is -3.84. The summed E-state index contributed by atoms with van der Waals surface area (Å²) in [5, 5.41) is 7.79. The van der Waals surface area contributed by atoms with Crippen LogP contribution in [0.5, 0.6) is 0 Å². The molecule has 0 bridgehead atoms. The van der Waals surface area contributed by atoms with Gasteiger partial charge in [0.05, 0.1) is 29.9 Å². The molecule has 1 aromatic carbocycles. The van der Waals surface area contributed by atoms with Gasteiger partial charge in [-0.3, -0.25) is 14.4 Å². The van der Waals surface area contributed by atoms with E-state index in [2.05, 4.69) is 5.32 Å². The Labute approximate surface area is 183 Å². The van der Waals surface area contributed by atoms with Gasteiger partial charge in [0.1, 0.15) is 0 Å². The fourth-order valence-corrected chi connectivity index (χ4v) is 4.12. The summed E-state index contributed by atoms with van der Waals surface area (Å²) >= 11 is 0. The third-order valence-electron chi connectivity index (χ3n) is 5.01. The summed E-state index contributed by atoms with van der Waals surface area (Å²) in [7, 11) is -2.58. The van der Waals surface area contributed by atoms with Crippen molar-refractivity contribution in [1.29, 1.82) is 0 Å². The second kappa shape index (κ2) is 10.2. The normalized spacial score (nSPS) is 14.8. The summed E-state index contributed by atoms with van der Waals surface area (Å²) in [4.78, 5) is 37.5. The lowest BCUT2D eigenvalue weighted by molar-refractivity contribution is -0.158. The van der Waals surface area contributed by atoms with Gasteiger partial charge >= 0.3 is 11.9 Å². The number of hydrogen-bond acceptors (Lipinski definition) is 7. The van der Waals surface area contributed by atoms with Crippen LogP contribution in [0.15, 0.2) is 29.2 Å². The highest BCUT2D eigenvalue weighted by molar-refractivity contribution is 7.89. The second-order valence-corrected chi connectivity index (χ2v) is 10.1. The third-order valence-corrected chi connectivity index (χ3v) is 5.94. The van der Waals surface area contributed by atoms with Crippen molar-refractivity contribution in [1.82, 2.24) is 0 Å². The van der Waals surface area contributed by atoms with Gasteiger partial charge in [0.2, 0.25) is 15.9 Å². The molecule has 174 valence electrons. The molecule has 31 heavy (non-hydrogen) atoms. The first-order valence-corrected chi connectivity index (χ1v) is 11.4. The average molecular weight is 457 g/mol. The summed E-state index contributed by atoms with van der Waals surface area (Å²) < 4.78 is 32.7. The van der Waals surface area contributed by atoms with Crippen LogP contribution in [0.3, 0.4) is 0 Å². The van der Waals surface area contributed by atoms with E-state index >= 15 is 0 Å². The Hall–Kier alpha value is -2.46. The summed E-state index contributed by atoms with van der Waals surface area (Å²) in [6.45, 7) is 8.61. The molecule has 0 aromatic heterocycles. The van der Waals surface area contributed by atoms with Crippen molar-refractivity contribution in [3.05, 3.63) is 24.3 Å². The van der Waals surface area contributed by atoms with E-state index in [4.69, 9.17) is 14.6 Å². The molecule has 1 rings (SSSR count). The Bertz CT molecular complexity index is 910. The number of esters is 2. The van der Waals surface area contributed by atoms with Gasteiger partial charge in [-0.2, -0.15) is 0 Å². The monoisotopic (exact) mass is 456 g/mol. The smallest absolute Gasteiger partial charge is 0.311 e. The molecule has 0 aliphatic carbocycles. The van der Waals surface area contributed by atoms with Crippen molar-refractivity contribution in [2.75, 3.05) is 19.0 Å². The SMILES string of the molecule is CCOC(=O)C(C)CC(C)(CC(C)(C)C(=O)Nc1ccc(S(N)(=O)=O)cc1)C(=O)OC. The lowest BCUT2D eigenvalue weighted by Crippen LogP contribution is -2.41. The van der Waals surface area contributed by atoms with E-state index in [9.17, 15) is 22.8 Å². The molecule has 0 aliphatic heterocycles. The molecule has 0 fully saturated rings. The Morgan fingerprint density at radius 1 is 1.13 bits per heavy atom. The number of ether oxygens (including phenoxy) is 2. The molecule has 3 N–H and O–H groups in total. The highest BCUT2D eigenvalue weighted by Gasteiger charge is 2.44. The van der Waals surface area contributed by atoms with Crippen molar-refractivity contribution in [3.63, 3.8) is 0 Å². The van der Waals surface area contributed by atoms with Crippen molar-refractivity contribution < 1.29 is 32.3 Å². The van der Waals surface area contributed by atoms with E-state index < -0.39 is 38.7 Å². The number of primary sulfonamides is 1. The van der Waals surface area contributed by atoms with Crippen LogP contribution in [0.4, 0.5) is 5.69 Å². The van der Waals surface area contributed by atoms with Crippen LogP contribution in [-0.4, -0.2) is 40.0 Å². The predicted octanol–water partition coefficient (Wildman–Crippen LogP) is 2.46. The molecular weight excluding hydrogens is 424 g/mol. The number of carbonyl (C=O) groups is 3. The minimum Gasteiger partial charge on any atom is -0.469 e. The number of nitrogens with two attached hydrogens (primary N) is 1. The van der Waals surface area contributed by atoms with E-state index in [0.29, 0.717) is 5.69 Å². The van der Waals surface area contributed by atoms with Crippen LogP contribution in [0.25, 0.3) is 0 Å². The van der Waals surface area contributed by atoms with Crippen LogP contribution in [0.1, 0.15) is 47.5 Å². The number of amides is 1. The fraction of sp³-hybridized carbons (Fsp3) is 0.571. The highest BCUT2D eigenvalue weighted by atomic mass is 32.2. The molecule has 10 heteroatoms. The molecule has 0 spiro atoms. The molecule has 0 radical (unpaired) electrons. The minimum absolute atomic E-state index is 0.0732. The molecule has 0 saturated heterocycles. The van der Waals surface area contributed by atoms with Gasteiger partial charge in [0.15, 0.2) is 0 Å². The summed E-state index contributed by atoms with van der Waals surface area (Å²) in [5.74, 6) is -1.89. The van der Waals surface area contributed by atoms with Gasteiger partial charge in [-0.1, -0.05) is 20.8 Å². The van der Waals surface area contributed by atoms with Gasteiger partial charge < -0.3 is 14.8 Å². The summed E-state index contributed by atoms with van der Waals surface area (Å²) in [6.07, 6.45) is 0.260. The Morgan fingerprint density at radius 3 is 2.13 bits per heavy atom. The Morgan fingerprint density at radius 2 is 1.68 bits per heavy atom. The first kappa shape index (κ1) is 26.6. The highest BCUT2D eigenvalue weighted by Crippen LogP contribution is 2.40. The lowest BCUT2D eigenvalue weighted by Gasteiger charge is -2.35. The van der Waals surface area contributed by atoms with E-state index in [1.54, 1.807) is 34.6 Å². The van der Waals surface area contributed by atoms with Gasteiger partial charge in [0.25, 0.3) is 0 Å². The standard InChI is InChI=1S/C21H32N2O7S/c1-7-30-17(24)14(2)12-21(5,19(26)29-6)13-20(3,4)18(25)23-15-8-10-16(11-9-15)31(22,27)28/h8-11,14H,7,12-13H2,1-6H3,(H,23,25)(H2,22,27,28). The quantitative estimate of drug-likeness (QED) is 0.515. The number of benzene rings is 1. The van der Waals surface area contributed by atoms with Crippen LogP contribution in [-0.2, 0) is 33.9 Å². The molecule has 0 heterocycles. The summed E-state index contributed by atoms with van der Waals surface area (Å²) in [5.41, 5.74) is -1.75. The maximum Gasteiger partial charge on any atom is 0.311 e. The molecule has 0 aliphatic rings. The van der Waals surface area contributed by atoms with E-state index in [-0.39, 0.29) is 30.3 Å². The largest absolute Gasteiger partial charge is 0.469 e. The van der Waals surface area contributed by atoms with Crippen molar-refractivity contribution >= 4 is 33.6 Å². The van der Waals surface area contributed by atoms with Crippen molar-refractivity contribution in [2.45, 2.75) is 52.4 Å². The molecular formula is C21H32N2O7S. The van der Waals surface area contributed by atoms with Gasteiger partial charge in [-0.25, -0.2) is 13.6 Å². The van der Waals surface area contributed by atoms with Crippen LogP contribution in [0, 0.1) is 16.7 Å². The molecule has 9 nitrogen and oxygen atoms in total. The number of methoxy groups -OCH3 is 1. The topological polar surface area (TPSA) is 142 Å². The Kier molecular flexibility index (Phi) is 8.77. The maximum absolute atomic E-state index is 12.9. The molecule has 0 saturated carbocycles. The zero-order valence-corrected chi connectivity index (χ0v) is 19.7. The van der Waals surface area contributed by atoms with Crippen LogP contribution in [0.2, 0.25) is 0 Å². The number of carbonyl (C=O) groups excluding carboxylic acids is 3. The maximum atomic E-state index is 12.9. The fourth-order valence-electron chi connectivity index (χ4n) is 3.60. The van der Waals surface area contributed by atoms with Crippen LogP contribution < -0.4 is 10.5 Å². The molecule has 2 atom stereocenters. The van der Waals surface area contributed by atoms with E-state index in [0.717, 1.165) is 0 Å². The molecule has 1 aromatic rings. The number of hydrogen-bond donors (Lipinski definition) is 2. The number of nitrogens with one attached hydrogen (secondary N) is 1.